The fourth-order valence-electron chi connectivity index (χ4n) is 16.3. The van der Waals surface area contributed by atoms with E-state index in [2.05, 4.69) is 163 Å². The van der Waals surface area contributed by atoms with E-state index >= 15 is 0 Å². The van der Waals surface area contributed by atoms with Gasteiger partial charge in [-0.05, 0) is 138 Å². The Hall–Kier alpha value is -2.09. The van der Waals surface area contributed by atoms with E-state index < -0.39 is 114 Å². The highest BCUT2D eigenvalue weighted by Gasteiger charge is 2.97. The number of carbonyl (C=O) groups excluding carboxylic acids is 1. The number of thiol groups is 2. The van der Waals surface area contributed by atoms with Crippen molar-refractivity contribution in [1.82, 2.24) is 0 Å². The highest BCUT2D eigenvalue weighted by Crippen LogP contribution is 2.82. The van der Waals surface area contributed by atoms with Crippen molar-refractivity contribution in [1.29, 1.82) is 0 Å². The molecule has 0 aromatic heterocycles. The maximum atomic E-state index is 14.0. The van der Waals surface area contributed by atoms with Crippen LogP contribution >= 0.6 is 25.3 Å². The molecule has 4 aromatic rings. The molecule has 6 fully saturated rings. The summed E-state index contributed by atoms with van der Waals surface area (Å²) in [7, 11) is -33.6. The number of benzene rings is 4. The van der Waals surface area contributed by atoms with Crippen molar-refractivity contribution in [3.05, 3.63) is 121 Å². The van der Waals surface area contributed by atoms with E-state index in [1.807, 2.05) is 6.92 Å². The van der Waals surface area contributed by atoms with Gasteiger partial charge in [0.05, 0.1) is 0 Å². The fraction of sp³-hybridized carbons (Fsp3) is 0.590. The summed E-state index contributed by atoms with van der Waals surface area (Å²) in [4.78, 5) is 54.4. The normalized spacial score (nSPS) is 36.9. The van der Waals surface area contributed by atoms with E-state index in [9.17, 15) is 19.2 Å². The Morgan fingerprint density at radius 1 is 0.529 bits per heavy atom. The Morgan fingerprint density at radius 2 is 0.897 bits per heavy atom. The first kappa shape index (κ1) is 62.4. The second-order valence-corrected chi connectivity index (χ2v) is 55.9. The molecule has 3 N–H and O–H groups in total. The van der Waals surface area contributed by atoms with Crippen LogP contribution in [0.4, 0.5) is 0 Å². The van der Waals surface area contributed by atoms with E-state index in [1.165, 1.54) is 0 Å². The lowest BCUT2D eigenvalue weighted by molar-refractivity contribution is 0.0807. The Balaban J connectivity index is 1.07. The van der Waals surface area contributed by atoms with E-state index in [0.717, 1.165) is 73.0 Å². The summed E-state index contributed by atoms with van der Waals surface area (Å²) in [5.41, 5.74) is 5.88. The summed E-state index contributed by atoms with van der Waals surface area (Å²) in [6, 6.07) is 18.0. The molecule has 0 amide bonds. The molecule has 19 rings (SSSR count). The van der Waals surface area contributed by atoms with E-state index in [4.69, 9.17) is 50.9 Å². The van der Waals surface area contributed by atoms with Crippen molar-refractivity contribution in [3.63, 3.8) is 0 Å². The summed E-state index contributed by atoms with van der Waals surface area (Å²) < 4.78 is 89.6. The predicted molar refractivity (Wildman–Crippen MR) is 352 cm³/mol. The summed E-state index contributed by atoms with van der Waals surface area (Å²) in [5.74, 6) is 2.64. The highest BCUT2D eigenvalue weighted by atomic mass is 32.1. The maximum absolute atomic E-state index is 14.0. The summed E-state index contributed by atoms with van der Waals surface area (Å²) >= 11 is 9.08. The minimum Gasteiger partial charge on any atom is -0.462 e. The van der Waals surface area contributed by atoms with Crippen LogP contribution in [0.15, 0.2) is 48.5 Å². The molecule has 6 unspecified atom stereocenters. The fourth-order valence-corrected chi connectivity index (χ4v) is 63.2. The molecule has 87 heavy (non-hydrogen) atoms. The number of fused-ring (bicyclic) bond motifs is 9. The lowest BCUT2D eigenvalue weighted by atomic mass is 9.60. The Kier molecular flexibility index (Phi) is 14.3. The van der Waals surface area contributed by atoms with Crippen molar-refractivity contribution >= 4 is 101 Å². The third kappa shape index (κ3) is 9.16. The molecule has 0 spiro atoms. The van der Waals surface area contributed by atoms with Gasteiger partial charge < -0.3 is 65.3 Å². The molecular weight excluding hydrogens is 1280 g/mol. The zero-order valence-electron chi connectivity index (χ0n) is 52.9. The molecule has 4 aromatic carbocycles. The zero-order valence-corrected chi connectivity index (χ0v) is 62.6. The lowest BCUT2D eigenvalue weighted by Crippen LogP contribution is -2.68. The molecular formula is C61H86O16S2Si8. The number of aldehydes is 1. The topological polar surface area (TPSA) is 189 Å². The van der Waals surface area contributed by atoms with Gasteiger partial charge in [-0.2, -0.15) is 25.3 Å². The Bertz CT molecular complexity index is 3390. The van der Waals surface area contributed by atoms with Gasteiger partial charge in [0.25, 0.3) is 0 Å². The van der Waals surface area contributed by atoms with E-state index in [0.29, 0.717) is 79.4 Å². The van der Waals surface area contributed by atoms with Crippen LogP contribution in [0.25, 0.3) is 0 Å². The third-order valence-corrected chi connectivity index (χ3v) is 57.4. The van der Waals surface area contributed by atoms with Crippen molar-refractivity contribution in [2.45, 2.75) is 202 Å². The van der Waals surface area contributed by atoms with E-state index in [-0.39, 0.29) is 23.0 Å². The van der Waals surface area contributed by atoms with Gasteiger partial charge in [0.1, 0.15) is 17.2 Å². The molecule has 470 valence electrons. The van der Waals surface area contributed by atoms with Crippen LogP contribution in [0.2, 0.25) is 58.4 Å². The van der Waals surface area contributed by atoms with E-state index in [1.54, 1.807) is 6.55 Å². The van der Waals surface area contributed by atoms with Crippen LogP contribution in [0.1, 0.15) is 173 Å². The molecule has 26 heteroatoms. The van der Waals surface area contributed by atoms with Crippen LogP contribution in [0, 0.1) is 0 Å². The molecule has 15 aliphatic rings. The van der Waals surface area contributed by atoms with Gasteiger partial charge in [-0.3, -0.25) is 4.79 Å². The average Bonchev–Trinajstić information content (AvgIpc) is 1.47. The number of hydrogen-bond acceptors (Lipinski definition) is 18. The highest BCUT2D eigenvalue weighted by molar-refractivity contribution is 7.80. The molecule has 13 aliphatic heterocycles. The van der Waals surface area contributed by atoms with Crippen LogP contribution in [-0.4, -0.2) is 115 Å². The van der Waals surface area contributed by atoms with Crippen molar-refractivity contribution in [2.75, 3.05) is 24.7 Å². The molecule has 16 nitrogen and oxygen atoms in total. The maximum Gasteiger partial charge on any atom is 0.885 e. The van der Waals surface area contributed by atoms with Crippen LogP contribution < -0.4 is 13.3 Å². The van der Waals surface area contributed by atoms with Crippen LogP contribution in [0.5, 0.6) is 17.2 Å². The molecule has 0 saturated carbocycles. The largest absolute Gasteiger partial charge is 0.885 e. The third-order valence-electron chi connectivity index (χ3n) is 22.2. The molecule has 13 heterocycles. The van der Waals surface area contributed by atoms with Gasteiger partial charge in [0, 0.05) is 77.7 Å². The molecule has 14 bridgehead atoms. The molecule has 0 radical (unpaired) electrons. The van der Waals surface area contributed by atoms with Gasteiger partial charge in [-0.15, -0.1) is 0 Å². The second-order valence-electron chi connectivity index (χ2n) is 30.5. The molecule has 6 saturated heterocycles. The van der Waals surface area contributed by atoms with Gasteiger partial charge in [-0.25, -0.2) is 0 Å². The predicted octanol–water partition coefficient (Wildman–Crippen LogP) is 11.4. The standard InChI is InChI=1S/C61H86O16S2Si8/c1-35-53-55-57-56-54-36(2)81(15,63)72-85(54,67-19-17-21-79)74-83(56,65)76-86(57,75-82(55,64)73-84(53,66-18-16-20-78)71-80(35,13)14)77-87-68-50-39-22-37-26-45(58(3,4)5)27-38(49(37)34-62)23-40-31-48-33-44(51(40)69-87)25-42-29-46(59(6,7)8)28-41(52(42)70-87)24-43(50)32-47(30-39)60(9,10)61(48,11)12/h26-36,53-57,63-65,78-79H,16-25H2,1-15H3/t35-,36+,53-,54+,55-,56+,57-,81?,82?,83?,84?,85?,86?/m1/s1. The minimum atomic E-state index is -5.15. The number of carbonyl (C=O) groups is 1. The Morgan fingerprint density at radius 3 is 1.30 bits per heavy atom. The van der Waals surface area contributed by atoms with Gasteiger partial charge >= 0.3 is 61.6 Å². The van der Waals surface area contributed by atoms with Gasteiger partial charge in [-0.1, -0.05) is 132 Å². The monoisotopic (exact) mass is 1360 g/mol. The van der Waals surface area contributed by atoms with Gasteiger partial charge in [0.15, 0.2) is 14.6 Å². The summed E-state index contributed by atoms with van der Waals surface area (Å²) in [6.07, 6.45) is 3.65. The minimum absolute atomic E-state index is 0.137. The first-order valence-electron chi connectivity index (χ1n) is 31.3. The second kappa shape index (κ2) is 20.0. The number of rotatable bonds is 11. The number of hydrogen-bond donors (Lipinski definition) is 5. The first-order chi connectivity index (χ1) is 40.5. The van der Waals surface area contributed by atoms with Crippen LogP contribution in [0.3, 0.4) is 0 Å². The summed E-state index contributed by atoms with van der Waals surface area (Å²) in [6.45, 7) is 33.4. The first-order valence-corrected chi connectivity index (χ1v) is 48.7. The molecule has 2 aliphatic carbocycles. The molecule has 13 atom stereocenters. The zero-order chi connectivity index (χ0) is 62.2. The summed E-state index contributed by atoms with van der Waals surface area (Å²) in [5, 5.41) is 0. The average molecular weight is 1360 g/mol. The Labute approximate surface area is 532 Å². The quantitative estimate of drug-likeness (QED) is 0.0363. The van der Waals surface area contributed by atoms with Crippen LogP contribution in [-0.2, 0) is 85.0 Å². The SMILES string of the molecule is C[C@@H]1[C@@H]2[C@@H]3[C@@H]4[C@@H]5[C@@H]6[C@H](C)[Si](C)(O)O[Si]6(OCCCS)O[Si]5(O)O[Si]4(O[Si]45Oc6c7cc8cc6Cc6cc(C(C)(C)C)cc(c6O4)Cc4cc(cc(c4O5)Cc4cc(C(C)(C)C)cc(c4C=O)C7)C(C)(C)C8(C)C)O[Si]3(O)O[Si]2(OCCCS)O[Si]1(C)C. The lowest BCUT2D eigenvalue weighted by Gasteiger charge is -2.43. The van der Waals surface area contributed by atoms with Gasteiger partial charge in [0.2, 0.25) is 0 Å². The van der Waals surface area contributed by atoms with Crippen molar-refractivity contribution in [3.8, 4) is 17.2 Å². The smallest absolute Gasteiger partial charge is 0.462 e. The van der Waals surface area contributed by atoms with Crippen molar-refractivity contribution in [2.24, 2.45) is 0 Å². The van der Waals surface area contributed by atoms with Crippen molar-refractivity contribution < 1.29 is 70.1 Å².